The molecular weight excluding hydrogens is 268 g/mol. The molecule has 0 radical (unpaired) electrons. The molecule has 2 rings (SSSR count). The van der Waals surface area contributed by atoms with E-state index in [1.54, 1.807) is 6.20 Å². The third-order valence-electron chi connectivity index (χ3n) is 4.02. The zero-order chi connectivity index (χ0) is 15.1. The van der Waals surface area contributed by atoms with E-state index in [4.69, 9.17) is 14.7 Å². The minimum Gasteiger partial charge on any atom is -0.368 e. The average molecular weight is 290 g/mol. The van der Waals surface area contributed by atoms with Crippen LogP contribution in [0.25, 0.3) is 0 Å². The Labute approximate surface area is 125 Å². The number of ether oxygens (including phenoxy) is 2. The minimum absolute atomic E-state index is 0.0264. The van der Waals surface area contributed by atoms with Crippen LogP contribution in [0.1, 0.15) is 38.8 Å². The Morgan fingerprint density at radius 1 is 1.38 bits per heavy atom. The minimum atomic E-state index is -0.103. The van der Waals surface area contributed by atoms with Crippen LogP contribution in [0, 0.1) is 16.7 Å². The van der Waals surface area contributed by atoms with E-state index in [-0.39, 0.29) is 11.7 Å². The van der Waals surface area contributed by atoms with E-state index < -0.39 is 0 Å². The molecule has 1 atom stereocenters. The van der Waals surface area contributed by atoms with Gasteiger partial charge in [0.1, 0.15) is 6.07 Å². The van der Waals surface area contributed by atoms with Crippen molar-refractivity contribution in [2.45, 2.75) is 39.4 Å². The standard InChI is InChI=1S/C15H22N4O2/c1-3-15(2,14-20-9-10-21-14)5-4-6-18-13-12(11-16)17-7-8-19-13/h7-8,14H,3-6,9-10H2,1-2H3,(H,18,19). The predicted molar refractivity (Wildman–Crippen MR) is 78.6 cm³/mol. The molecule has 1 fully saturated rings. The maximum atomic E-state index is 8.96. The van der Waals surface area contributed by atoms with Crippen LogP contribution in [0.2, 0.25) is 0 Å². The number of nitrogens with one attached hydrogen (secondary N) is 1. The molecule has 114 valence electrons. The molecule has 1 N–H and O–H groups in total. The number of nitrogens with zero attached hydrogens (tertiary/aromatic N) is 3. The van der Waals surface area contributed by atoms with Gasteiger partial charge >= 0.3 is 0 Å². The summed E-state index contributed by atoms with van der Waals surface area (Å²) in [7, 11) is 0. The molecule has 0 saturated carbocycles. The second kappa shape index (κ2) is 7.34. The highest BCUT2D eigenvalue weighted by Gasteiger charge is 2.36. The fourth-order valence-corrected chi connectivity index (χ4v) is 2.47. The first kappa shape index (κ1) is 15.7. The molecule has 21 heavy (non-hydrogen) atoms. The quantitative estimate of drug-likeness (QED) is 0.776. The van der Waals surface area contributed by atoms with Gasteiger partial charge in [0.15, 0.2) is 17.8 Å². The van der Waals surface area contributed by atoms with Crippen molar-refractivity contribution in [3.8, 4) is 6.07 Å². The smallest absolute Gasteiger partial charge is 0.182 e. The van der Waals surface area contributed by atoms with Crippen LogP contribution >= 0.6 is 0 Å². The number of hydrogen-bond acceptors (Lipinski definition) is 6. The number of nitriles is 1. The fourth-order valence-electron chi connectivity index (χ4n) is 2.47. The van der Waals surface area contributed by atoms with Crippen LogP contribution in [0.4, 0.5) is 5.82 Å². The first-order valence-corrected chi connectivity index (χ1v) is 7.38. The predicted octanol–water partition coefficient (Wildman–Crippen LogP) is 2.33. The monoisotopic (exact) mass is 290 g/mol. The van der Waals surface area contributed by atoms with Crippen molar-refractivity contribution in [2.24, 2.45) is 5.41 Å². The molecule has 0 bridgehead atoms. The van der Waals surface area contributed by atoms with Gasteiger partial charge < -0.3 is 14.8 Å². The lowest BCUT2D eigenvalue weighted by molar-refractivity contribution is -0.131. The molecule has 1 aromatic rings. The van der Waals surface area contributed by atoms with E-state index in [1.165, 1.54) is 6.20 Å². The van der Waals surface area contributed by atoms with Gasteiger partial charge in [-0.3, -0.25) is 0 Å². The summed E-state index contributed by atoms with van der Waals surface area (Å²) < 4.78 is 11.3. The largest absolute Gasteiger partial charge is 0.368 e. The topological polar surface area (TPSA) is 80.1 Å². The summed E-state index contributed by atoms with van der Waals surface area (Å²) >= 11 is 0. The van der Waals surface area contributed by atoms with Crippen molar-refractivity contribution in [3.63, 3.8) is 0 Å². The molecule has 1 aliphatic heterocycles. The Bertz CT molecular complexity index is 497. The van der Waals surface area contributed by atoms with Gasteiger partial charge in [-0.2, -0.15) is 5.26 Å². The van der Waals surface area contributed by atoms with Gasteiger partial charge in [-0.05, 0) is 19.3 Å². The van der Waals surface area contributed by atoms with Crippen LogP contribution in [0.15, 0.2) is 12.4 Å². The first-order valence-electron chi connectivity index (χ1n) is 7.38. The summed E-state index contributed by atoms with van der Waals surface area (Å²) in [4.78, 5) is 8.11. The van der Waals surface area contributed by atoms with E-state index in [2.05, 4.69) is 29.1 Å². The summed E-state index contributed by atoms with van der Waals surface area (Å²) in [6.45, 7) is 6.48. The van der Waals surface area contributed by atoms with Gasteiger partial charge in [-0.1, -0.05) is 13.8 Å². The Morgan fingerprint density at radius 3 is 2.76 bits per heavy atom. The molecule has 0 aromatic carbocycles. The van der Waals surface area contributed by atoms with Gasteiger partial charge in [0.05, 0.1) is 13.2 Å². The Hall–Kier alpha value is -1.71. The number of rotatable bonds is 7. The third-order valence-corrected chi connectivity index (χ3v) is 4.02. The van der Waals surface area contributed by atoms with Crippen molar-refractivity contribution in [1.29, 1.82) is 5.26 Å². The van der Waals surface area contributed by atoms with E-state index in [0.717, 1.165) is 25.8 Å². The van der Waals surface area contributed by atoms with Gasteiger partial charge in [0, 0.05) is 24.4 Å². The second-order valence-corrected chi connectivity index (χ2v) is 5.48. The van der Waals surface area contributed by atoms with Crippen molar-refractivity contribution >= 4 is 5.82 Å². The Kier molecular flexibility index (Phi) is 5.48. The zero-order valence-electron chi connectivity index (χ0n) is 12.6. The molecule has 6 nitrogen and oxygen atoms in total. The summed E-state index contributed by atoms with van der Waals surface area (Å²) in [5.74, 6) is 0.548. The lowest BCUT2D eigenvalue weighted by Crippen LogP contribution is -2.33. The lowest BCUT2D eigenvalue weighted by atomic mass is 9.82. The summed E-state index contributed by atoms with van der Waals surface area (Å²) in [6, 6.07) is 2.03. The van der Waals surface area contributed by atoms with E-state index in [9.17, 15) is 0 Å². The Morgan fingerprint density at radius 2 is 2.10 bits per heavy atom. The molecule has 2 heterocycles. The highest BCUT2D eigenvalue weighted by atomic mass is 16.7. The van der Waals surface area contributed by atoms with Gasteiger partial charge in [-0.25, -0.2) is 9.97 Å². The normalized spacial score (nSPS) is 18.1. The van der Waals surface area contributed by atoms with Gasteiger partial charge in [0.2, 0.25) is 0 Å². The summed E-state index contributed by atoms with van der Waals surface area (Å²) in [5.41, 5.74) is 0.358. The molecule has 1 aromatic heterocycles. The van der Waals surface area contributed by atoms with Crippen LogP contribution < -0.4 is 5.32 Å². The van der Waals surface area contributed by atoms with Crippen LogP contribution in [0.3, 0.4) is 0 Å². The Balaban J connectivity index is 1.82. The maximum Gasteiger partial charge on any atom is 0.182 e. The van der Waals surface area contributed by atoms with Crippen molar-refractivity contribution < 1.29 is 9.47 Å². The van der Waals surface area contributed by atoms with Crippen LogP contribution in [0.5, 0.6) is 0 Å². The highest BCUT2D eigenvalue weighted by Crippen LogP contribution is 2.35. The summed E-state index contributed by atoms with van der Waals surface area (Å²) in [6.07, 6.45) is 5.95. The SMILES string of the molecule is CCC(C)(CCCNc1nccnc1C#N)C1OCCO1. The van der Waals surface area contributed by atoms with Crippen LogP contribution in [-0.2, 0) is 9.47 Å². The fraction of sp³-hybridized carbons (Fsp3) is 0.667. The molecule has 1 saturated heterocycles. The third kappa shape index (κ3) is 3.90. The molecule has 1 unspecified atom stereocenters. The molecule has 0 spiro atoms. The average Bonchev–Trinajstić information content (AvgIpc) is 3.06. The highest BCUT2D eigenvalue weighted by molar-refractivity contribution is 5.46. The molecule has 0 aliphatic carbocycles. The van der Waals surface area contributed by atoms with Gasteiger partial charge in [0.25, 0.3) is 0 Å². The molecular formula is C15H22N4O2. The second-order valence-electron chi connectivity index (χ2n) is 5.48. The maximum absolute atomic E-state index is 8.96. The van der Waals surface area contributed by atoms with Crippen molar-refractivity contribution in [3.05, 3.63) is 18.1 Å². The number of hydrogen-bond donors (Lipinski definition) is 1. The lowest BCUT2D eigenvalue weighted by Gasteiger charge is -2.33. The van der Waals surface area contributed by atoms with Crippen molar-refractivity contribution in [2.75, 3.05) is 25.1 Å². The summed E-state index contributed by atoms with van der Waals surface area (Å²) in [5, 5.41) is 12.1. The van der Waals surface area contributed by atoms with Crippen LogP contribution in [-0.4, -0.2) is 36.0 Å². The van der Waals surface area contributed by atoms with Gasteiger partial charge in [-0.15, -0.1) is 0 Å². The van der Waals surface area contributed by atoms with Crippen molar-refractivity contribution in [1.82, 2.24) is 9.97 Å². The zero-order valence-corrected chi connectivity index (χ0v) is 12.6. The van der Waals surface area contributed by atoms with E-state index in [0.29, 0.717) is 24.7 Å². The van der Waals surface area contributed by atoms with E-state index >= 15 is 0 Å². The molecule has 0 amide bonds. The number of aromatic nitrogens is 2. The molecule has 1 aliphatic rings. The number of anilines is 1. The van der Waals surface area contributed by atoms with E-state index in [1.807, 2.05) is 6.07 Å². The molecule has 6 heteroatoms. The first-order chi connectivity index (χ1) is 10.2.